The molecular formula is C18H21N5O3. The normalized spacial score (nSPS) is 11.7. The average molecular weight is 355 g/mol. The maximum Gasteiger partial charge on any atom is 0.315 e. The van der Waals surface area contributed by atoms with Crippen molar-refractivity contribution in [3.05, 3.63) is 41.2 Å². The number of rotatable bonds is 4. The number of esters is 1. The third-order valence-corrected chi connectivity index (χ3v) is 4.40. The molecule has 26 heavy (non-hydrogen) atoms. The van der Waals surface area contributed by atoms with Crippen molar-refractivity contribution in [2.45, 2.75) is 32.7 Å². The molecule has 3 aromatic rings. The Morgan fingerprint density at radius 1 is 1.31 bits per heavy atom. The highest BCUT2D eigenvalue weighted by Crippen LogP contribution is 2.27. The topological polar surface area (TPSA) is 116 Å². The zero-order chi connectivity index (χ0) is 19.1. The molecule has 2 heterocycles. The molecule has 0 radical (unpaired) electrons. The molecule has 0 spiro atoms. The summed E-state index contributed by atoms with van der Waals surface area (Å²) < 4.78 is 6.45. The number of aromatic hydroxyl groups is 1. The Bertz CT molecular complexity index is 994. The highest BCUT2D eigenvalue weighted by molar-refractivity contribution is 5.83. The molecule has 0 atom stereocenters. The van der Waals surface area contributed by atoms with Crippen molar-refractivity contribution in [2.24, 2.45) is 0 Å². The lowest BCUT2D eigenvalue weighted by molar-refractivity contribution is -0.146. The second-order valence-corrected chi connectivity index (χ2v) is 6.64. The van der Waals surface area contributed by atoms with E-state index in [-0.39, 0.29) is 17.8 Å². The van der Waals surface area contributed by atoms with Crippen LogP contribution in [0.4, 0.5) is 5.82 Å². The van der Waals surface area contributed by atoms with Crippen LogP contribution in [0.1, 0.15) is 30.8 Å². The lowest BCUT2D eigenvalue weighted by Crippen LogP contribution is -2.30. The van der Waals surface area contributed by atoms with Crippen LogP contribution in [0, 0.1) is 6.92 Å². The number of ether oxygens (including phenoxy) is 1. The highest BCUT2D eigenvalue weighted by atomic mass is 16.5. The van der Waals surface area contributed by atoms with Gasteiger partial charge in [0.05, 0.1) is 19.1 Å². The third kappa shape index (κ3) is 2.94. The summed E-state index contributed by atoms with van der Waals surface area (Å²) in [6.45, 7) is 5.66. The summed E-state index contributed by atoms with van der Waals surface area (Å²) in [4.78, 5) is 24.5. The number of hydrogen-bond donors (Lipinski definition) is 2. The zero-order valence-electron chi connectivity index (χ0n) is 15.1. The van der Waals surface area contributed by atoms with Gasteiger partial charge >= 0.3 is 5.97 Å². The van der Waals surface area contributed by atoms with Gasteiger partial charge in [0.15, 0.2) is 17.0 Å². The Morgan fingerprint density at radius 2 is 2.04 bits per heavy atom. The van der Waals surface area contributed by atoms with Gasteiger partial charge in [-0.3, -0.25) is 9.36 Å². The number of benzene rings is 1. The van der Waals surface area contributed by atoms with Gasteiger partial charge in [0.2, 0.25) is 0 Å². The van der Waals surface area contributed by atoms with E-state index in [4.69, 9.17) is 10.5 Å². The van der Waals surface area contributed by atoms with Crippen LogP contribution in [0.15, 0.2) is 24.3 Å². The van der Waals surface area contributed by atoms with Crippen LogP contribution in [0.3, 0.4) is 0 Å². The first-order valence-corrected chi connectivity index (χ1v) is 8.11. The predicted octanol–water partition coefficient (Wildman–Crippen LogP) is 1.92. The van der Waals surface area contributed by atoms with Crippen molar-refractivity contribution >= 4 is 23.0 Å². The van der Waals surface area contributed by atoms with E-state index in [1.54, 1.807) is 25.3 Å². The SMILES string of the molecule is COC(=O)C(C)(C)c1cccc(Cn2c(O)nc3c(N)nc(C)nc32)c1. The molecule has 0 saturated carbocycles. The van der Waals surface area contributed by atoms with E-state index in [2.05, 4.69) is 15.0 Å². The van der Waals surface area contributed by atoms with E-state index < -0.39 is 5.41 Å². The second kappa shape index (κ2) is 6.29. The molecule has 136 valence electrons. The van der Waals surface area contributed by atoms with Gasteiger partial charge < -0.3 is 15.6 Å². The number of nitrogens with zero attached hydrogens (tertiary/aromatic N) is 4. The number of nitrogens with two attached hydrogens (primary N) is 1. The van der Waals surface area contributed by atoms with Gasteiger partial charge in [-0.05, 0) is 31.9 Å². The quantitative estimate of drug-likeness (QED) is 0.687. The summed E-state index contributed by atoms with van der Waals surface area (Å²) in [6.07, 6.45) is 0. The van der Waals surface area contributed by atoms with Crippen LogP contribution in [0.2, 0.25) is 0 Å². The smallest absolute Gasteiger partial charge is 0.315 e. The molecule has 3 N–H and O–H groups in total. The van der Waals surface area contributed by atoms with Gasteiger partial charge in [-0.15, -0.1) is 0 Å². The number of aromatic nitrogens is 4. The molecule has 0 aliphatic rings. The van der Waals surface area contributed by atoms with E-state index >= 15 is 0 Å². The fourth-order valence-corrected chi connectivity index (χ4v) is 2.88. The lowest BCUT2D eigenvalue weighted by atomic mass is 9.84. The van der Waals surface area contributed by atoms with Crippen LogP contribution in [0.5, 0.6) is 6.01 Å². The first-order valence-electron chi connectivity index (χ1n) is 8.11. The molecule has 0 aliphatic carbocycles. The number of carbonyl (C=O) groups excluding carboxylic acids is 1. The minimum atomic E-state index is -0.785. The number of imidazole rings is 1. The molecule has 3 rings (SSSR count). The van der Waals surface area contributed by atoms with Gasteiger partial charge in [0.25, 0.3) is 6.01 Å². The number of nitrogen functional groups attached to an aromatic ring is 1. The van der Waals surface area contributed by atoms with Crippen molar-refractivity contribution in [1.82, 2.24) is 19.5 Å². The van der Waals surface area contributed by atoms with Gasteiger partial charge in [-0.25, -0.2) is 9.97 Å². The first kappa shape index (κ1) is 17.7. The molecule has 1 aromatic carbocycles. The minimum absolute atomic E-state index is 0.191. The maximum absolute atomic E-state index is 12.1. The second-order valence-electron chi connectivity index (χ2n) is 6.64. The van der Waals surface area contributed by atoms with Crippen LogP contribution in [-0.2, 0) is 21.5 Å². The number of aryl methyl sites for hydroxylation is 1. The predicted molar refractivity (Wildman–Crippen MR) is 96.7 cm³/mol. The monoisotopic (exact) mass is 355 g/mol. The number of hydrogen-bond acceptors (Lipinski definition) is 7. The fourth-order valence-electron chi connectivity index (χ4n) is 2.88. The van der Waals surface area contributed by atoms with E-state index in [1.807, 2.05) is 24.3 Å². The summed E-state index contributed by atoms with van der Waals surface area (Å²) in [6, 6.07) is 7.35. The largest absolute Gasteiger partial charge is 0.480 e. The van der Waals surface area contributed by atoms with Crippen molar-refractivity contribution in [1.29, 1.82) is 0 Å². The van der Waals surface area contributed by atoms with E-state index in [0.717, 1.165) is 11.1 Å². The van der Waals surface area contributed by atoms with Crippen molar-refractivity contribution in [3.8, 4) is 6.01 Å². The molecule has 8 nitrogen and oxygen atoms in total. The first-order chi connectivity index (χ1) is 12.2. The Balaban J connectivity index is 2.03. The molecular weight excluding hydrogens is 334 g/mol. The summed E-state index contributed by atoms with van der Waals surface area (Å²) >= 11 is 0. The summed E-state index contributed by atoms with van der Waals surface area (Å²) in [7, 11) is 1.37. The van der Waals surface area contributed by atoms with Gasteiger partial charge in [-0.2, -0.15) is 4.98 Å². The molecule has 0 saturated heterocycles. The Kier molecular flexibility index (Phi) is 4.27. The van der Waals surface area contributed by atoms with Crippen molar-refractivity contribution < 1.29 is 14.6 Å². The Labute approximate surface area is 150 Å². The minimum Gasteiger partial charge on any atom is -0.480 e. The number of methoxy groups -OCH3 is 1. The molecule has 2 aromatic heterocycles. The lowest BCUT2D eigenvalue weighted by Gasteiger charge is -2.22. The molecule has 8 heteroatoms. The molecule has 0 bridgehead atoms. The summed E-state index contributed by atoms with van der Waals surface area (Å²) in [5, 5.41) is 10.2. The molecule has 0 amide bonds. The van der Waals surface area contributed by atoms with E-state index in [1.165, 1.54) is 7.11 Å². The number of fused-ring (bicyclic) bond motifs is 1. The van der Waals surface area contributed by atoms with Crippen molar-refractivity contribution in [2.75, 3.05) is 12.8 Å². The Hall–Kier alpha value is -3.16. The van der Waals surface area contributed by atoms with E-state index in [0.29, 0.717) is 23.5 Å². The van der Waals surface area contributed by atoms with Crippen molar-refractivity contribution in [3.63, 3.8) is 0 Å². The third-order valence-electron chi connectivity index (χ3n) is 4.40. The van der Waals surface area contributed by atoms with Crippen LogP contribution in [0.25, 0.3) is 11.2 Å². The fraction of sp³-hybridized carbons (Fsp3) is 0.333. The van der Waals surface area contributed by atoms with Gasteiger partial charge in [-0.1, -0.05) is 24.3 Å². The van der Waals surface area contributed by atoms with Crippen LogP contribution < -0.4 is 5.73 Å². The summed E-state index contributed by atoms with van der Waals surface area (Å²) in [5.74, 6) is 0.403. The molecule has 0 aliphatic heterocycles. The maximum atomic E-state index is 12.1. The average Bonchev–Trinajstić information content (AvgIpc) is 2.91. The highest BCUT2D eigenvalue weighted by Gasteiger charge is 2.31. The number of carbonyl (C=O) groups is 1. The van der Waals surface area contributed by atoms with Crippen LogP contribution in [-0.4, -0.2) is 37.7 Å². The van der Waals surface area contributed by atoms with Gasteiger partial charge in [0, 0.05) is 0 Å². The van der Waals surface area contributed by atoms with Crippen LogP contribution >= 0.6 is 0 Å². The zero-order valence-corrected chi connectivity index (χ0v) is 15.1. The molecule has 0 fully saturated rings. The molecule has 0 unspecified atom stereocenters. The van der Waals surface area contributed by atoms with Gasteiger partial charge in [0.1, 0.15) is 5.82 Å². The summed E-state index contributed by atoms with van der Waals surface area (Å²) in [5.41, 5.74) is 7.61. The standard InChI is InChI=1S/C18H21N5O3/c1-10-20-14(19)13-15(21-10)23(17(25)22-13)9-11-6-5-7-12(8-11)18(2,3)16(24)26-4/h5-8H,9H2,1-4H3,(H,22,25)(H2,19,20,21). The van der Waals surface area contributed by atoms with E-state index in [9.17, 15) is 9.90 Å². The number of anilines is 1. The Morgan fingerprint density at radius 3 is 2.73 bits per heavy atom.